The van der Waals surface area contributed by atoms with E-state index in [0.29, 0.717) is 29.0 Å². The highest BCUT2D eigenvalue weighted by Gasteiger charge is 2.28. The predicted octanol–water partition coefficient (Wildman–Crippen LogP) is 2.72. The Hall–Kier alpha value is -1.26. The van der Waals surface area contributed by atoms with Crippen LogP contribution in [0.15, 0.2) is 12.1 Å². The molecule has 1 aromatic rings. The molecule has 1 amide bonds. The maximum Gasteiger partial charge on any atom is 0.245 e. The number of carbonyl (C=O) groups excluding carboxylic acids is 1. The molecule has 5 heteroatoms. The lowest BCUT2D eigenvalue weighted by molar-refractivity contribution is -0.116. The Kier molecular flexibility index (Phi) is 3.78. The minimum Gasteiger partial charge on any atom is -0.492 e. The molecule has 1 aliphatic heterocycles. The minimum absolute atomic E-state index is 0.208. The van der Waals surface area contributed by atoms with Crippen molar-refractivity contribution < 1.29 is 9.53 Å². The van der Waals surface area contributed by atoms with Gasteiger partial charge in [0.25, 0.3) is 0 Å². The predicted molar refractivity (Wildman–Crippen MR) is 72.0 cm³/mol. The molecule has 0 radical (unpaired) electrons. The lowest BCUT2D eigenvalue weighted by atomic mass is 10.1. The van der Waals surface area contributed by atoms with Crippen molar-refractivity contribution >= 4 is 23.2 Å². The van der Waals surface area contributed by atoms with Crippen molar-refractivity contribution in [3.05, 3.63) is 22.7 Å². The fourth-order valence-corrected chi connectivity index (χ4v) is 2.03. The van der Waals surface area contributed by atoms with Gasteiger partial charge in [-0.2, -0.15) is 0 Å². The van der Waals surface area contributed by atoms with E-state index in [4.69, 9.17) is 22.1 Å². The third kappa shape index (κ3) is 2.60. The number of ether oxygens (including phenoxy) is 1. The maximum atomic E-state index is 11.4. The summed E-state index contributed by atoms with van der Waals surface area (Å²) in [6.45, 7) is 4.87. The van der Waals surface area contributed by atoms with Crippen LogP contribution >= 0.6 is 11.6 Å². The molecule has 1 unspecified atom stereocenters. The van der Waals surface area contributed by atoms with E-state index in [-0.39, 0.29) is 5.91 Å². The van der Waals surface area contributed by atoms with Gasteiger partial charge in [-0.3, -0.25) is 4.79 Å². The number of nitrogens with one attached hydrogen (secondary N) is 1. The topological polar surface area (TPSA) is 64.3 Å². The molecular weight excluding hydrogens is 252 g/mol. The summed E-state index contributed by atoms with van der Waals surface area (Å²) in [7, 11) is 0. The SMILES string of the molecule is CC(C)CCOc1cc2c(cc1Cl)C(N)C(=O)N2. The molecule has 18 heavy (non-hydrogen) atoms. The van der Waals surface area contributed by atoms with Crippen molar-refractivity contribution in [1.82, 2.24) is 0 Å². The molecule has 0 saturated heterocycles. The molecule has 1 heterocycles. The molecule has 1 aliphatic rings. The van der Waals surface area contributed by atoms with Crippen LogP contribution in [0.3, 0.4) is 0 Å². The average Bonchev–Trinajstić information content (AvgIpc) is 2.55. The summed E-state index contributed by atoms with van der Waals surface area (Å²) >= 11 is 6.12. The fraction of sp³-hybridized carbons (Fsp3) is 0.462. The van der Waals surface area contributed by atoms with Gasteiger partial charge in [-0.25, -0.2) is 0 Å². The first-order chi connectivity index (χ1) is 8.49. The number of fused-ring (bicyclic) bond motifs is 1. The van der Waals surface area contributed by atoms with Crippen LogP contribution in [0.4, 0.5) is 5.69 Å². The summed E-state index contributed by atoms with van der Waals surface area (Å²) in [5.74, 6) is 0.956. The zero-order chi connectivity index (χ0) is 13.3. The van der Waals surface area contributed by atoms with E-state index in [2.05, 4.69) is 19.2 Å². The van der Waals surface area contributed by atoms with Crippen molar-refractivity contribution in [2.24, 2.45) is 11.7 Å². The van der Waals surface area contributed by atoms with Crippen LogP contribution in [0.2, 0.25) is 5.02 Å². The Balaban J connectivity index is 2.14. The summed E-state index contributed by atoms with van der Waals surface area (Å²) < 4.78 is 5.62. The third-order valence-corrected chi connectivity index (χ3v) is 3.23. The lowest BCUT2D eigenvalue weighted by Crippen LogP contribution is -2.19. The molecule has 4 nitrogen and oxygen atoms in total. The quantitative estimate of drug-likeness (QED) is 0.882. The Labute approximate surface area is 111 Å². The van der Waals surface area contributed by atoms with Gasteiger partial charge in [0.05, 0.1) is 11.6 Å². The Morgan fingerprint density at radius 3 is 2.89 bits per heavy atom. The third-order valence-electron chi connectivity index (χ3n) is 2.93. The van der Waals surface area contributed by atoms with Crippen LogP contribution in [0.5, 0.6) is 5.75 Å². The van der Waals surface area contributed by atoms with Crippen molar-refractivity contribution in [1.29, 1.82) is 0 Å². The molecule has 0 fully saturated rings. The minimum atomic E-state index is -0.637. The second-order valence-corrected chi connectivity index (χ2v) is 5.27. The summed E-state index contributed by atoms with van der Waals surface area (Å²) in [5.41, 5.74) is 7.15. The summed E-state index contributed by atoms with van der Waals surface area (Å²) in [6.07, 6.45) is 0.958. The highest BCUT2D eigenvalue weighted by atomic mass is 35.5. The van der Waals surface area contributed by atoms with E-state index in [0.717, 1.165) is 12.0 Å². The van der Waals surface area contributed by atoms with Gasteiger partial charge in [0, 0.05) is 17.3 Å². The zero-order valence-electron chi connectivity index (χ0n) is 10.5. The summed E-state index contributed by atoms with van der Waals surface area (Å²) in [4.78, 5) is 11.4. The van der Waals surface area contributed by atoms with Crippen molar-refractivity contribution in [2.75, 3.05) is 11.9 Å². The smallest absolute Gasteiger partial charge is 0.245 e. The van der Waals surface area contributed by atoms with Crippen molar-refractivity contribution in [2.45, 2.75) is 26.3 Å². The molecule has 0 spiro atoms. The molecule has 1 atom stereocenters. The van der Waals surface area contributed by atoms with Crippen LogP contribution in [0.1, 0.15) is 31.9 Å². The molecule has 0 aromatic heterocycles. The number of hydrogen-bond acceptors (Lipinski definition) is 3. The first-order valence-electron chi connectivity index (χ1n) is 6.01. The first-order valence-corrected chi connectivity index (χ1v) is 6.39. The van der Waals surface area contributed by atoms with Crippen LogP contribution in [0.25, 0.3) is 0 Å². The zero-order valence-corrected chi connectivity index (χ0v) is 11.3. The van der Waals surface area contributed by atoms with E-state index >= 15 is 0 Å². The molecule has 2 rings (SSSR count). The Morgan fingerprint density at radius 1 is 1.50 bits per heavy atom. The number of benzene rings is 1. The average molecular weight is 269 g/mol. The molecule has 3 N–H and O–H groups in total. The van der Waals surface area contributed by atoms with Crippen LogP contribution in [0, 0.1) is 5.92 Å². The summed E-state index contributed by atoms with van der Waals surface area (Å²) in [5, 5.41) is 3.20. The van der Waals surface area contributed by atoms with E-state index in [9.17, 15) is 4.79 Å². The highest BCUT2D eigenvalue weighted by molar-refractivity contribution is 6.32. The van der Waals surface area contributed by atoms with Crippen LogP contribution in [-0.2, 0) is 4.79 Å². The van der Waals surface area contributed by atoms with Gasteiger partial charge < -0.3 is 15.8 Å². The number of rotatable bonds is 4. The molecule has 1 aromatic carbocycles. The van der Waals surface area contributed by atoms with Crippen molar-refractivity contribution in [3.63, 3.8) is 0 Å². The summed E-state index contributed by atoms with van der Waals surface area (Å²) in [6, 6.07) is 2.80. The number of hydrogen-bond donors (Lipinski definition) is 2. The van der Waals surface area contributed by atoms with E-state index in [1.54, 1.807) is 12.1 Å². The maximum absolute atomic E-state index is 11.4. The highest BCUT2D eigenvalue weighted by Crippen LogP contribution is 2.37. The molecule has 0 saturated carbocycles. The number of carbonyl (C=O) groups is 1. The van der Waals surface area contributed by atoms with Gasteiger partial charge in [0.15, 0.2) is 0 Å². The Bertz CT molecular complexity index is 474. The van der Waals surface area contributed by atoms with Gasteiger partial charge >= 0.3 is 0 Å². The standard InChI is InChI=1S/C13H17ClN2O2/c1-7(2)3-4-18-11-6-10-8(5-9(11)14)12(15)13(17)16-10/h5-7,12H,3-4,15H2,1-2H3,(H,16,17). The molecule has 0 bridgehead atoms. The van der Waals surface area contributed by atoms with Gasteiger partial charge in [-0.15, -0.1) is 0 Å². The lowest BCUT2D eigenvalue weighted by Gasteiger charge is -2.11. The number of anilines is 1. The molecule has 98 valence electrons. The number of halogens is 1. The number of amides is 1. The molecular formula is C13H17ClN2O2. The normalized spacial score (nSPS) is 17.8. The van der Waals surface area contributed by atoms with Gasteiger partial charge in [-0.1, -0.05) is 25.4 Å². The first kappa shape index (κ1) is 13.2. The van der Waals surface area contributed by atoms with Gasteiger partial charge in [0.2, 0.25) is 5.91 Å². The van der Waals surface area contributed by atoms with Gasteiger partial charge in [0.1, 0.15) is 11.8 Å². The fourth-order valence-electron chi connectivity index (χ4n) is 1.80. The Morgan fingerprint density at radius 2 is 2.22 bits per heavy atom. The second-order valence-electron chi connectivity index (χ2n) is 4.87. The molecule has 0 aliphatic carbocycles. The largest absolute Gasteiger partial charge is 0.492 e. The van der Waals surface area contributed by atoms with Crippen LogP contribution in [-0.4, -0.2) is 12.5 Å². The van der Waals surface area contributed by atoms with E-state index in [1.807, 2.05) is 0 Å². The van der Waals surface area contributed by atoms with E-state index in [1.165, 1.54) is 0 Å². The number of nitrogens with two attached hydrogens (primary N) is 1. The monoisotopic (exact) mass is 268 g/mol. The van der Waals surface area contributed by atoms with Crippen LogP contribution < -0.4 is 15.8 Å². The van der Waals surface area contributed by atoms with Crippen molar-refractivity contribution in [3.8, 4) is 5.75 Å². The second kappa shape index (κ2) is 5.16. The van der Waals surface area contributed by atoms with E-state index < -0.39 is 6.04 Å². The van der Waals surface area contributed by atoms with Gasteiger partial charge in [-0.05, 0) is 18.4 Å².